The number of nitrogens with one attached hydrogen (secondary N) is 2. The molecule has 1 heterocycles. The second-order valence-corrected chi connectivity index (χ2v) is 13.2. The molecule has 15 heteroatoms. The van der Waals surface area contributed by atoms with Crippen molar-refractivity contribution >= 4 is 33.6 Å². The molecular formula is C33H37F3N4O7S. The first-order valence-electron chi connectivity index (χ1n) is 15.2. The van der Waals surface area contributed by atoms with E-state index in [0.717, 1.165) is 27.6 Å². The number of benzene rings is 3. The van der Waals surface area contributed by atoms with Crippen molar-refractivity contribution in [2.75, 3.05) is 38.2 Å². The Morgan fingerprint density at radius 3 is 2.29 bits per heavy atom. The first kappa shape index (κ1) is 36.2. The third kappa shape index (κ3) is 9.25. The number of alkyl halides is 3. The second-order valence-electron chi connectivity index (χ2n) is 11.3. The molecule has 11 nitrogen and oxygen atoms in total. The highest BCUT2D eigenvalue weighted by Gasteiger charge is 2.42. The predicted octanol–water partition coefficient (Wildman–Crippen LogP) is 4.99. The van der Waals surface area contributed by atoms with Crippen LogP contribution in [0.15, 0.2) is 77.7 Å². The van der Waals surface area contributed by atoms with Gasteiger partial charge < -0.3 is 25.0 Å². The van der Waals surface area contributed by atoms with Crippen molar-refractivity contribution in [1.82, 2.24) is 14.5 Å². The first-order valence-corrected chi connectivity index (χ1v) is 16.6. The average Bonchev–Trinajstić information content (AvgIpc) is 3.06. The standard InChI is InChI=1S/C33H37F3N4O7S/c1-4-46-30(41)21-47-27-7-5-6-26(18-27)38-32(43)39-16-17-40(48(44,45)28-14-12-25(13-15-28)33(34,35)36)29(20-39)31(42)37-19-23-8-10-24(11-9-23)22(2)3/h5-15,18,22,29H,4,16-17,19-21H2,1-3H3,(H,37,42)(H,38,43)/t29-/m1/s1. The van der Waals surface area contributed by atoms with E-state index in [0.29, 0.717) is 23.7 Å². The summed E-state index contributed by atoms with van der Waals surface area (Å²) >= 11 is 0. The molecule has 1 aliphatic rings. The normalized spacial score (nSPS) is 15.6. The maximum atomic E-state index is 13.7. The number of amides is 3. The number of nitrogens with zero attached hydrogens (tertiary/aromatic N) is 2. The van der Waals surface area contributed by atoms with Crippen LogP contribution in [-0.2, 0) is 37.1 Å². The van der Waals surface area contributed by atoms with Crippen LogP contribution < -0.4 is 15.4 Å². The van der Waals surface area contributed by atoms with Crippen LogP contribution in [0.5, 0.6) is 5.75 Å². The summed E-state index contributed by atoms with van der Waals surface area (Å²) < 4.78 is 78.0. The minimum absolute atomic E-state index is 0.0761. The monoisotopic (exact) mass is 690 g/mol. The number of ether oxygens (including phenoxy) is 2. The summed E-state index contributed by atoms with van der Waals surface area (Å²) in [7, 11) is -4.46. The van der Waals surface area contributed by atoms with Gasteiger partial charge in [-0.25, -0.2) is 18.0 Å². The summed E-state index contributed by atoms with van der Waals surface area (Å²) in [5, 5.41) is 5.43. The third-order valence-corrected chi connectivity index (χ3v) is 9.49. The number of halogens is 3. The second kappa shape index (κ2) is 15.5. The van der Waals surface area contributed by atoms with Crippen molar-refractivity contribution in [1.29, 1.82) is 0 Å². The van der Waals surface area contributed by atoms with Crippen molar-refractivity contribution in [2.45, 2.75) is 50.3 Å². The summed E-state index contributed by atoms with van der Waals surface area (Å²) in [6.45, 7) is 4.92. The molecule has 258 valence electrons. The average molecular weight is 691 g/mol. The Morgan fingerprint density at radius 1 is 0.979 bits per heavy atom. The van der Waals surface area contributed by atoms with Gasteiger partial charge in [-0.15, -0.1) is 0 Å². The van der Waals surface area contributed by atoms with E-state index >= 15 is 0 Å². The van der Waals surface area contributed by atoms with E-state index in [9.17, 15) is 36.0 Å². The zero-order valence-corrected chi connectivity index (χ0v) is 27.4. The van der Waals surface area contributed by atoms with E-state index < -0.39 is 50.6 Å². The van der Waals surface area contributed by atoms with Crippen LogP contribution in [0.1, 0.15) is 43.4 Å². The Labute approximate surface area is 277 Å². The molecule has 3 amide bonds. The molecule has 0 unspecified atom stereocenters. The van der Waals surface area contributed by atoms with E-state index in [1.807, 2.05) is 38.1 Å². The lowest BCUT2D eigenvalue weighted by atomic mass is 10.0. The maximum Gasteiger partial charge on any atom is 0.416 e. The molecule has 0 saturated carbocycles. The van der Waals surface area contributed by atoms with Crippen LogP contribution in [0.4, 0.5) is 23.7 Å². The van der Waals surface area contributed by atoms with Gasteiger partial charge in [-0.2, -0.15) is 17.5 Å². The minimum atomic E-state index is -4.66. The summed E-state index contributed by atoms with van der Waals surface area (Å²) in [6, 6.07) is 14.8. The highest BCUT2D eigenvalue weighted by atomic mass is 32.2. The minimum Gasteiger partial charge on any atom is -0.482 e. The van der Waals surface area contributed by atoms with Gasteiger partial charge in [0.1, 0.15) is 11.8 Å². The zero-order chi connectivity index (χ0) is 35.1. The Kier molecular flexibility index (Phi) is 11.7. The number of anilines is 1. The van der Waals surface area contributed by atoms with Gasteiger partial charge in [0, 0.05) is 37.9 Å². The summed E-state index contributed by atoms with van der Waals surface area (Å²) in [5.74, 6) is -0.665. The quantitative estimate of drug-likeness (QED) is 0.271. The molecule has 1 saturated heterocycles. The topological polar surface area (TPSA) is 134 Å². The highest BCUT2D eigenvalue weighted by Crippen LogP contribution is 2.31. The molecule has 1 fully saturated rings. The van der Waals surface area contributed by atoms with Gasteiger partial charge in [-0.05, 0) is 60.4 Å². The lowest BCUT2D eigenvalue weighted by molar-refractivity contribution is -0.145. The van der Waals surface area contributed by atoms with Gasteiger partial charge in [-0.3, -0.25) is 4.79 Å². The van der Waals surface area contributed by atoms with Crippen molar-refractivity contribution in [3.63, 3.8) is 0 Å². The fourth-order valence-corrected chi connectivity index (χ4v) is 6.51. The van der Waals surface area contributed by atoms with E-state index in [1.54, 1.807) is 25.1 Å². The Balaban J connectivity index is 1.52. The smallest absolute Gasteiger partial charge is 0.416 e. The number of piperazine rings is 1. The van der Waals surface area contributed by atoms with Crippen molar-refractivity contribution in [2.24, 2.45) is 0 Å². The molecule has 0 spiro atoms. The van der Waals surface area contributed by atoms with E-state index in [4.69, 9.17) is 9.47 Å². The lowest BCUT2D eigenvalue weighted by Crippen LogP contribution is -2.61. The number of carbonyl (C=O) groups is 3. The summed E-state index contributed by atoms with van der Waals surface area (Å²) in [6.07, 6.45) is -4.66. The van der Waals surface area contributed by atoms with Crippen LogP contribution in [0, 0.1) is 0 Å². The Morgan fingerprint density at radius 2 is 1.67 bits per heavy atom. The van der Waals surface area contributed by atoms with Crippen molar-refractivity contribution < 1.29 is 45.4 Å². The number of hydrogen-bond acceptors (Lipinski definition) is 7. The third-order valence-electron chi connectivity index (χ3n) is 7.57. The van der Waals surface area contributed by atoms with E-state index in [2.05, 4.69) is 10.6 Å². The molecule has 1 atom stereocenters. The number of sulfonamides is 1. The van der Waals surface area contributed by atoms with Crippen LogP contribution >= 0.6 is 0 Å². The Bertz CT molecular complexity index is 1700. The molecule has 48 heavy (non-hydrogen) atoms. The maximum absolute atomic E-state index is 13.7. The van der Waals surface area contributed by atoms with Gasteiger partial charge >= 0.3 is 18.2 Å². The fourth-order valence-electron chi connectivity index (χ4n) is 4.94. The van der Waals surface area contributed by atoms with Gasteiger partial charge in [0.05, 0.1) is 17.1 Å². The van der Waals surface area contributed by atoms with Crippen LogP contribution in [0.25, 0.3) is 0 Å². The molecule has 0 aliphatic carbocycles. The number of esters is 1. The van der Waals surface area contributed by atoms with Crippen LogP contribution in [-0.4, -0.2) is 74.4 Å². The summed E-state index contributed by atoms with van der Waals surface area (Å²) in [5.41, 5.74) is 1.16. The molecule has 4 rings (SSSR count). The Hall–Kier alpha value is -4.63. The van der Waals surface area contributed by atoms with Gasteiger partial charge in [0.2, 0.25) is 15.9 Å². The van der Waals surface area contributed by atoms with E-state index in [1.165, 1.54) is 11.0 Å². The molecule has 0 bridgehead atoms. The first-order chi connectivity index (χ1) is 22.7. The van der Waals surface area contributed by atoms with Gasteiger partial charge in [0.25, 0.3) is 0 Å². The number of rotatable bonds is 11. The van der Waals surface area contributed by atoms with Gasteiger partial charge in [0.15, 0.2) is 6.61 Å². The highest BCUT2D eigenvalue weighted by molar-refractivity contribution is 7.89. The number of urea groups is 1. The van der Waals surface area contributed by atoms with Crippen LogP contribution in [0.2, 0.25) is 0 Å². The molecule has 0 radical (unpaired) electrons. The number of carbonyl (C=O) groups excluding carboxylic acids is 3. The van der Waals surface area contributed by atoms with Crippen molar-refractivity contribution in [3.8, 4) is 5.75 Å². The zero-order valence-electron chi connectivity index (χ0n) is 26.6. The number of hydrogen-bond donors (Lipinski definition) is 2. The molecule has 0 aromatic heterocycles. The van der Waals surface area contributed by atoms with Crippen molar-refractivity contribution in [3.05, 3.63) is 89.5 Å². The predicted molar refractivity (Wildman–Crippen MR) is 171 cm³/mol. The molecule has 2 N–H and O–H groups in total. The van der Waals surface area contributed by atoms with Crippen LogP contribution in [0.3, 0.4) is 0 Å². The lowest BCUT2D eigenvalue weighted by Gasteiger charge is -2.39. The fraction of sp³-hybridized carbons (Fsp3) is 0.364. The SMILES string of the molecule is CCOC(=O)COc1cccc(NC(=O)N2CCN(S(=O)(=O)c3ccc(C(F)(F)F)cc3)[C@@H](C(=O)NCc3ccc(C(C)C)cc3)C2)c1. The molecule has 1 aliphatic heterocycles. The molecule has 3 aromatic rings. The molecular weight excluding hydrogens is 653 g/mol. The van der Waals surface area contributed by atoms with Gasteiger partial charge in [-0.1, -0.05) is 44.2 Å². The van der Waals surface area contributed by atoms with E-state index in [-0.39, 0.29) is 45.1 Å². The summed E-state index contributed by atoms with van der Waals surface area (Å²) in [4.78, 5) is 39.4. The largest absolute Gasteiger partial charge is 0.482 e. The molecule has 3 aromatic carbocycles.